The van der Waals surface area contributed by atoms with Crippen LogP contribution in [0.5, 0.6) is 0 Å². The summed E-state index contributed by atoms with van der Waals surface area (Å²) < 4.78 is 4.56. The zero-order chi connectivity index (χ0) is 30.6. The number of anilines is 2. The first-order valence-electron chi connectivity index (χ1n) is 14.7. The highest BCUT2D eigenvalue weighted by Gasteiger charge is 2.23. The largest absolute Gasteiger partial charge is 0.324 e. The maximum Gasteiger partial charge on any atom is 0.280 e. The van der Waals surface area contributed by atoms with Gasteiger partial charge in [-0.15, -0.1) is 0 Å². The number of carbonyl (C=O) groups is 2. The van der Waals surface area contributed by atoms with Crippen molar-refractivity contribution < 1.29 is 14.4 Å². The number of pyridine rings is 1. The van der Waals surface area contributed by atoms with Crippen molar-refractivity contribution in [2.45, 2.75) is 38.0 Å². The van der Waals surface area contributed by atoms with Crippen LogP contribution in [0.15, 0.2) is 59.7 Å². The number of nitrogens with one attached hydrogen (secondary N) is 3. The molecule has 1 aliphatic carbocycles. The number of amides is 2. The van der Waals surface area contributed by atoms with Crippen molar-refractivity contribution in [2.24, 2.45) is 0 Å². The molecule has 1 fully saturated rings. The number of hydrogen-bond donors (Lipinski definition) is 3. The molecule has 4 aromatic rings. The molecule has 12 heteroatoms. The van der Waals surface area contributed by atoms with Gasteiger partial charge in [-0.2, -0.15) is 4.98 Å². The molecule has 0 saturated carbocycles. The van der Waals surface area contributed by atoms with E-state index in [9.17, 15) is 14.4 Å². The lowest BCUT2D eigenvalue weighted by atomic mass is 9.89. The van der Waals surface area contributed by atoms with Crippen LogP contribution in [-0.4, -0.2) is 64.2 Å². The lowest BCUT2D eigenvalue weighted by molar-refractivity contribution is -0.120. The topological polar surface area (TPSA) is 130 Å². The lowest BCUT2D eigenvalue weighted by Gasteiger charge is -2.31. The number of aryl methyl sites for hydroxylation is 2. The summed E-state index contributed by atoms with van der Waals surface area (Å²) in [4.78, 5) is 54.1. The van der Waals surface area contributed by atoms with Crippen LogP contribution in [0.25, 0.3) is 16.7 Å². The van der Waals surface area contributed by atoms with Gasteiger partial charge in [0.15, 0.2) is 5.65 Å². The fraction of sp³-hybridized carbons (Fsp3) is 0.344. The molecule has 2 aromatic heterocycles. The number of piperidine rings is 1. The fourth-order valence-electron chi connectivity index (χ4n) is 6.13. The van der Waals surface area contributed by atoms with Gasteiger partial charge >= 0.3 is 0 Å². The van der Waals surface area contributed by atoms with Crippen molar-refractivity contribution in [3.8, 4) is 5.69 Å². The Labute approximate surface area is 259 Å². The van der Waals surface area contributed by atoms with Crippen molar-refractivity contribution in [3.05, 3.63) is 87.3 Å². The van der Waals surface area contributed by atoms with Crippen LogP contribution in [0, 0.1) is 0 Å². The van der Waals surface area contributed by atoms with Crippen molar-refractivity contribution in [1.82, 2.24) is 29.6 Å². The van der Waals surface area contributed by atoms with Gasteiger partial charge in [-0.05, 0) is 92.1 Å². The molecule has 3 N–H and O–H groups in total. The molecule has 1 aliphatic heterocycles. The average molecular weight is 614 g/mol. The molecule has 3 heterocycles. The van der Waals surface area contributed by atoms with Crippen molar-refractivity contribution >= 4 is 46.4 Å². The number of nitrogens with zero attached hydrogens (tertiary/aromatic N) is 4. The molecule has 0 unspecified atom stereocenters. The Morgan fingerprint density at radius 2 is 1.84 bits per heavy atom. The Morgan fingerprint density at radius 1 is 1.07 bits per heavy atom. The molecule has 0 bridgehead atoms. The first-order valence-corrected chi connectivity index (χ1v) is 15.9. The standard InChI is InChI=1S/C32H35N7O4S/c1-43-36-31(42)27-18-39(25-11-8-20-4-3-5-23(20)16-25)30-26(29(27)41)17-33-32(35-30)34-24-9-6-21(7-10-24)22-12-14-38(15-13-22)19-28(40)37-44-2/h6-11,16-18,22H,3-5,12-15,19H2,1-2H3,(H,36,42)(H,37,40)(H,33,34,35). The molecule has 11 nitrogen and oxygen atoms in total. The highest BCUT2D eigenvalue weighted by Crippen LogP contribution is 2.30. The summed E-state index contributed by atoms with van der Waals surface area (Å²) in [5, 5.41) is 3.50. The monoisotopic (exact) mass is 613 g/mol. The summed E-state index contributed by atoms with van der Waals surface area (Å²) in [6.07, 6.45) is 9.97. The number of aromatic nitrogens is 3. The number of likely N-dealkylation sites (tertiary alicyclic amines) is 1. The molecule has 228 valence electrons. The van der Waals surface area contributed by atoms with E-state index in [-0.39, 0.29) is 16.9 Å². The number of benzene rings is 2. The van der Waals surface area contributed by atoms with Crippen LogP contribution in [-0.2, 0) is 22.5 Å². The zero-order valence-corrected chi connectivity index (χ0v) is 25.6. The second kappa shape index (κ2) is 13.2. The normalized spacial score (nSPS) is 15.2. The highest BCUT2D eigenvalue weighted by molar-refractivity contribution is 7.97. The van der Waals surface area contributed by atoms with E-state index in [1.165, 1.54) is 48.1 Å². The van der Waals surface area contributed by atoms with E-state index in [0.717, 1.165) is 56.6 Å². The average Bonchev–Trinajstić information content (AvgIpc) is 3.50. The molecular weight excluding hydrogens is 578 g/mol. The molecule has 6 rings (SSSR count). The smallest absolute Gasteiger partial charge is 0.280 e. The Balaban J connectivity index is 1.24. The van der Waals surface area contributed by atoms with Gasteiger partial charge in [0.05, 0.1) is 19.0 Å². The predicted octanol–water partition coefficient (Wildman–Crippen LogP) is 3.88. The Hall–Kier alpha value is -4.26. The van der Waals surface area contributed by atoms with E-state index in [2.05, 4.69) is 49.7 Å². The van der Waals surface area contributed by atoms with Gasteiger partial charge in [0.2, 0.25) is 17.3 Å². The maximum atomic E-state index is 13.3. The second-order valence-corrected chi connectivity index (χ2v) is 11.8. The minimum absolute atomic E-state index is 0.0450. The Morgan fingerprint density at radius 3 is 2.59 bits per heavy atom. The molecule has 0 radical (unpaired) electrons. The molecule has 44 heavy (non-hydrogen) atoms. The van der Waals surface area contributed by atoms with Gasteiger partial charge in [-0.3, -0.25) is 28.8 Å². The first kappa shape index (κ1) is 29.8. The van der Waals surface area contributed by atoms with E-state index in [1.807, 2.05) is 24.5 Å². The Bertz CT molecular complexity index is 1750. The van der Waals surface area contributed by atoms with E-state index in [0.29, 0.717) is 24.1 Å². The van der Waals surface area contributed by atoms with Crippen LogP contribution in [0.1, 0.15) is 52.2 Å². The first-order chi connectivity index (χ1) is 21.4. The zero-order valence-electron chi connectivity index (χ0n) is 24.8. The minimum atomic E-state index is -0.636. The van der Waals surface area contributed by atoms with Gasteiger partial charge in [0.1, 0.15) is 5.56 Å². The molecule has 2 amide bonds. The van der Waals surface area contributed by atoms with Crippen molar-refractivity contribution in [1.29, 1.82) is 0 Å². The van der Waals surface area contributed by atoms with Crippen LogP contribution in [0.4, 0.5) is 11.6 Å². The van der Waals surface area contributed by atoms with E-state index < -0.39 is 11.3 Å². The third-order valence-electron chi connectivity index (χ3n) is 8.35. The van der Waals surface area contributed by atoms with Gasteiger partial charge in [0.25, 0.3) is 5.91 Å². The van der Waals surface area contributed by atoms with E-state index >= 15 is 0 Å². The molecule has 2 aromatic carbocycles. The van der Waals surface area contributed by atoms with Crippen LogP contribution < -0.4 is 20.9 Å². The number of hydrogen-bond acceptors (Lipinski definition) is 9. The summed E-state index contributed by atoms with van der Waals surface area (Å²) in [7, 11) is 1.32. The summed E-state index contributed by atoms with van der Waals surface area (Å²) >= 11 is 1.33. The SMILES string of the molecule is CONC(=O)c1cn(-c2ccc3c(c2)CCC3)c2nc(Nc3ccc(C4CCN(CC(=O)NSC)CC4)cc3)ncc2c1=O. The summed E-state index contributed by atoms with van der Waals surface area (Å²) in [6.45, 7) is 2.21. The summed E-state index contributed by atoms with van der Waals surface area (Å²) in [5.74, 6) is 0.185. The lowest BCUT2D eigenvalue weighted by Crippen LogP contribution is -2.39. The van der Waals surface area contributed by atoms with E-state index in [1.54, 1.807) is 4.57 Å². The molecule has 1 saturated heterocycles. The highest BCUT2D eigenvalue weighted by atomic mass is 32.2. The third kappa shape index (κ3) is 6.33. The summed E-state index contributed by atoms with van der Waals surface area (Å²) in [6, 6.07) is 14.4. The molecule has 0 atom stereocenters. The maximum absolute atomic E-state index is 13.3. The molecule has 2 aliphatic rings. The quantitative estimate of drug-likeness (QED) is 0.190. The number of carbonyl (C=O) groups excluding carboxylic acids is 2. The number of fused-ring (bicyclic) bond motifs is 2. The third-order valence-corrected chi connectivity index (χ3v) is 8.78. The van der Waals surface area contributed by atoms with Gasteiger partial charge < -0.3 is 9.88 Å². The fourth-order valence-corrected chi connectivity index (χ4v) is 6.42. The van der Waals surface area contributed by atoms with Gasteiger partial charge in [-0.1, -0.05) is 30.1 Å². The van der Waals surface area contributed by atoms with Gasteiger partial charge in [-0.25, -0.2) is 10.5 Å². The van der Waals surface area contributed by atoms with Gasteiger partial charge in [0, 0.05) is 30.0 Å². The van der Waals surface area contributed by atoms with Crippen LogP contribution >= 0.6 is 11.9 Å². The van der Waals surface area contributed by atoms with E-state index in [4.69, 9.17) is 9.82 Å². The minimum Gasteiger partial charge on any atom is -0.324 e. The van der Waals surface area contributed by atoms with Crippen LogP contribution in [0.2, 0.25) is 0 Å². The number of rotatable bonds is 9. The summed E-state index contributed by atoms with van der Waals surface area (Å²) in [5.41, 5.74) is 7.59. The Kier molecular flexibility index (Phi) is 8.91. The second-order valence-electron chi connectivity index (χ2n) is 11.1. The number of hydroxylamine groups is 1. The van der Waals surface area contributed by atoms with Crippen molar-refractivity contribution in [3.63, 3.8) is 0 Å². The molecule has 0 spiro atoms. The van der Waals surface area contributed by atoms with Crippen LogP contribution in [0.3, 0.4) is 0 Å². The predicted molar refractivity (Wildman–Crippen MR) is 171 cm³/mol. The molecular formula is C32H35N7O4S. The van der Waals surface area contributed by atoms with Crippen molar-refractivity contribution in [2.75, 3.05) is 38.3 Å².